The maximum atomic E-state index is 11.8. The molecular weight excluding hydrogens is 288 g/mol. The molecule has 2 rings (SSSR count). The number of carbonyl (C=O) groups is 1. The number of oxime groups is 1. The third kappa shape index (κ3) is 5.58. The zero-order valence-corrected chi connectivity index (χ0v) is 13.6. The molecule has 0 aliphatic heterocycles. The molecule has 1 amide bonds. The topological polar surface area (TPSA) is 50.7 Å². The second-order valence-corrected chi connectivity index (χ2v) is 5.20. The highest BCUT2D eigenvalue weighted by molar-refractivity contribution is 5.91. The molecule has 120 valence electrons. The first-order valence-electron chi connectivity index (χ1n) is 7.84. The van der Waals surface area contributed by atoms with E-state index < -0.39 is 0 Å². The van der Waals surface area contributed by atoms with E-state index >= 15 is 0 Å². The van der Waals surface area contributed by atoms with Gasteiger partial charge in [-0.15, -0.1) is 0 Å². The molecule has 2 aromatic carbocycles. The van der Waals surface area contributed by atoms with Crippen molar-refractivity contribution >= 4 is 17.8 Å². The van der Waals surface area contributed by atoms with Crippen molar-refractivity contribution in [1.29, 1.82) is 0 Å². The molecule has 1 N–H and O–H groups in total. The molecule has 0 unspecified atom stereocenters. The van der Waals surface area contributed by atoms with Crippen LogP contribution in [0.2, 0.25) is 0 Å². The molecule has 0 aliphatic carbocycles. The van der Waals surface area contributed by atoms with E-state index in [9.17, 15) is 4.79 Å². The number of hydrogen-bond donors (Lipinski definition) is 1. The van der Waals surface area contributed by atoms with Gasteiger partial charge in [-0.05, 0) is 41.7 Å². The summed E-state index contributed by atoms with van der Waals surface area (Å²) < 4.78 is 0. The molecule has 2 aromatic rings. The van der Waals surface area contributed by atoms with Crippen molar-refractivity contribution in [3.8, 4) is 0 Å². The molecule has 4 heteroatoms. The number of anilines is 1. The maximum Gasteiger partial charge on any atom is 0.265 e. The van der Waals surface area contributed by atoms with Crippen LogP contribution in [0.25, 0.3) is 0 Å². The van der Waals surface area contributed by atoms with E-state index in [0.29, 0.717) is 0 Å². The van der Waals surface area contributed by atoms with Crippen LogP contribution in [0.1, 0.15) is 30.5 Å². The Labute approximate surface area is 137 Å². The van der Waals surface area contributed by atoms with E-state index in [4.69, 9.17) is 4.84 Å². The molecule has 0 aromatic heterocycles. The lowest BCUT2D eigenvalue weighted by Crippen LogP contribution is -2.16. The van der Waals surface area contributed by atoms with Gasteiger partial charge in [0.05, 0.1) is 6.21 Å². The second-order valence-electron chi connectivity index (χ2n) is 5.20. The van der Waals surface area contributed by atoms with E-state index in [0.717, 1.165) is 24.1 Å². The van der Waals surface area contributed by atoms with Gasteiger partial charge in [-0.2, -0.15) is 0 Å². The fourth-order valence-electron chi connectivity index (χ4n) is 2.05. The van der Waals surface area contributed by atoms with E-state index in [2.05, 4.69) is 24.3 Å². The highest BCUT2D eigenvalue weighted by Gasteiger charge is 2.02. The predicted molar refractivity (Wildman–Crippen MR) is 93.8 cm³/mol. The molecule has 23 heavy (non-hydrogen) atoms. The molecule has 0 atom stereocenters. The van der Waals surface area contributed by atoms with Crippen LogP contribution in [0.15, 0.2) is 53.7 Å². The van der Waals surface area contributed by atoms with Crippen LogP contribution >= 0.6 is 0 Å². The number of aryl methyl sites for hydroxylation is 2. The van der Waals surface area contributed by atoms with E-state index in [1.165, 1.54) is 11.1 Å². The van der Waals surface area contributed by atoms with E-state index in [1.807, 2.05) is 48.5 Å². The summed E-state index contributed by atoms with van der Waals surface area (Å²) in [6.07, 6.45) is 3.58. The molecule has 0 heterocycles. The first-order chi connectivity index (χ1) is 11.2. The van der Waals surface area contributed by atoms with Crippen molar-refractivity contribution in [3.63, 3.8) is 0 Å². The lowest BCUT2D eigenvalue weighted by Gasteiger charge is -2.05. The normalized spacial score (nSPS) is 10.7. The van der Waals surface area contributed by atoms with Crippen LogP contribution in [0, 0.1) is 0 Å². The maximum absolute atomic E-state index is 11.8. The third-order valence-corrected chi connectivity index (χ3v) is 3.51. The standard InChI is InChI=1S/C19H22N2O2/c1-3-15-5-7-17(8-6-15)13-20-23-14-19(22)21-18-11-9-16(4-2)10-12-18/h5-13H,3-4,14H2,1-2H3,(H,21,22)/b20-13-. The average Bonchev–Trinajstić information content (AvgIpc) is 2.60. The Morgan fingerprint density at radius 2 is 1.57 bits per heavy atom. The van der Waals surface area contributed by atoms with Crippen molar-refractivity contribution in [2.24, 2.45) is 5.16 Å². The Hall–Kier alpha value is -2.62. The van der Waals surface area contributed by atoms with Gasteiger partial charge in [0.25, 0.3) is 5.91 Å². The molecule has 0 spiro atoms. The van der Waals surface area contributed by atoms with Crippen molar-refractivity contribution in [3.05, 3.63) is 65.2 Å². The minimum atomic E-state index is -0.229. The molecule has 0 saturated carbocycles. The van der Waals surface area contributed by atoms with Gasteiger partial charge in [0.2, 0.25) is 0 Å². The van der Waals surface area contributed by atoms with Crippen LogP contribution in [0.3, 0.4) is 0 Å². The summed E-state index contributed by atoms with van der Waals surface area (Å²) >= 11 is 0. The van der Waals surface area contributed by atoms with Crippen molar-refractivity contribution in [2.45, 2.75) is 26.7 Å². The monoisotopic (exact) mass is 310 g/mol. The van der Waals surface area contributed by atoms with Gasteiger partial charge in [-0.25, -0.2) is 0 Å². The van der Waals surface area contributed by atoms with Gasteiger partial charge in [0.1, 0.15) is 0 Å². The van der Waals surface area contributed by atoms with Gasteiger partial charge >= 0.3 is 0 Å². The van der Waals surface area contributed by atoms with Gasteiger partial charge < -0.3 is 10.2 Å². The zero-order chi connectivity index (χ0) is 16.5. The zero-order valence-electron chi connectivity index (χ0n) is 13.6. The van der Waals surface area contributed by atoms with Gasteiger partial charge in [0.15, 0.2) is 6.61 Å². The van der Waals surface area contributed by atoms with Crippen LogP contribution in [-0.2, 0) is 22.5 Å². The summed E-state index contributed by atoms with van der Waals surface area (Å²) in [5.74, 6) is -0.229. The summed E-state index contributed by atoms with van der Waals surface area (Å²) in [5.41, 5.74) is 4.21. The Balaban J connectivity index is 1.75. The first-order valence-corrected chi connectivity index (χ1v) is 7.84. The number of benzene rings is 2. The third-order valence-electron chi connectivity index (χ3n) is 3.51. The fourth-order valence-corrected chi connectivity index (χ4v) is 2.05. The number of hydrogen-bond acceptors (Lipinski definition) is 3. The van der Waals surface area contributed by atoms with Crippen LogP contribution in [-0.4, -0.2) is 18.7 Å². The minimum absolute atomic E-state index is 0.112. The molecule has 4 nitrogen and oxygen atoms in total. The van der Waals surface area contributed by atoms with E-state index in [1.54, 1.807) is 6.21 Å². The van der Waals surface area contributed by atoms with Crippen molar-refractivity contribution < 1.29 is 9.63 Å². The van der Waals surface area contributed by atoms with Crippen LogP contribution in [0.4, 0.5) is 5.69 Å². The average molecular weight is 310 g/mol. The number of rotatable bonds is 7. The Bertz CT molecular complexity index is 646. The lowest BCUT2D eigenvalue weighted by molar-refractivity contribution is -0.120. The van der Waals surface area contributed by atoms with Crippen LogP contribution in [0.5, 0.6) is 0 Å². The van der Waals surface area contributed by atoms with Gasteiger partial charge in [-0.3, -0.25) is 4.79 Å². The quantitative estimate of drug-likeness (QED) is 0.624. The molecule has 0 aliphatic rings. The molecule has 0 fully saturated rings. The highest BCUT2D eigenvalue weighted by atomic mass is 16.6. The van der Waals surface area contributed by atoms with Crippen molar-refractivity contribution in [1.82, 2.24) is 0 Å². The number of carbonyl (C=O) groups excluding carboxylic acids is 1. The summed E-state index contributed by atoms with van der Waals surface area (Å²) in [6.45, 7) is 4.09. The van der Waals surface area contributed by atoms with Crippen molar-refractivity contribution in [2.75, 3.05) is 11.9 Å². The first kappa shape index (κ1) is 16.7. The molecule has 0 saturated heterocycles. The number of amides is 1. The van der Waals surface area contributed by atoms with Gasteiger partial charge in [0, 0.05) is 5.69 Å². The summed E-state index contributed by atoms with van der Waals surface area (Å²) in [6, 6.07) is 15.8. The Morgan fingerprint density at radius 3 is 2.13 bits per heavy atom. The predicted octanol–water partition coefficient (Wildman–Crippen LogP) is 3.80. The SMILES string of the molecule is CCc1ccc(/C=N\OCC(=O)Nc2ccc(CC)cc2)cc1. The summed E-state index contributed by atoms with van der Waals surface area (Å²) in [4.78, 5) is 16.8. The minimum Gasteiger partial charge on any atom is -0.386 e. The molecular formula is C19H22N2O2. The summed E-state index contributed by atoms with van der Waals surface area (Å²) in [7, 11) is 0. The molecule has 0 radical (unpaired) electrons. The van der Waals surface area contributed by atoms with Gasteiger partial charge in [-0.1, -0.05) is 55.4 Å². The Kier molecular flexibility index (Phi) is 6.36. The van der Waals surface area contributed by atoms with E-state index in [-0.39, 0.29) is 12.5 Å². The second kappa shape index (κ2) is 8.73. The summed E-state index contributed by atoms with van der Waals surface area (Å²) in [5, 5.41) is 6.59. The Morgan fingerprint density at radius 1 is 1.00 bits per heavy atom. The number of nitrogens with zero attached hydrogens (tertiary/aromatic N) is 1. The molecule has 0 bridgehead atoms. The highest BCUT2D eigenvalue weighted by Crippen LogP contribution is 2.09. The fraction of sp³-hybridized carbons (Fsp3) is 0.263. The lowest BCUT2D eigenvalue weighted by atomic mass is 10.1. The largest absolute Gasteiger partial charge is 0.386 e. The number of nitrogens with one attached hydrogen (secondary N) is 1. The van der Waals surface area contributed by atoms with Crippen LogP contribution < -0.4 is 5.32 Å². The smallest absolute Gasteiger partial charge is 0.265 e.